The molecule has 0 spiro atoms. The van der Waals surface area contributed by atoms with E-state index in [1.165, 1.54) is 36.4 Å². The van der Waals surface area contributed by atoms with Crippen LogP contribution in [0.1, 0.15) is 65.6 Å². The number of nitrogens with zero attached hydrogens (tertiary/aromatic N) is 2. The summed E-state index contributed by atoms with van der Waals surface area (Å²) >= 11 is 0. The average Bonchev–Trinajstić information content (AvgIpc) is 2.92. The molecule has 0 aromatic heterocycles. The van der Waals surface area contributed by atoms with Crippen molar-refractivity contribution in [3.05, 3.63) is 70.8 Å². The van der Waals surface area contributed by atoms with Gasteiger partial charge in [-0.1, -0.05) is 24.3 Å². The van der Waals surface area contributed by atoms with Crippen molar-refractivity contribution >= 4 is 29.7 Å². The van der Waals surface area contributed by atoms with Gasteiger partial charge < -0.3 is 20.0 Å². The summed E-state index contributed by atoms with van der Waals surface area (Å²) in [5.74, 6) is -1.32. The van der Waals surface area contributed by atoms with Crippen molar-refractivity contribution < 1.29 is 24.6 Å². The largest absolute Gasteiger partial charge is 0.507 e. The maximum absolute atomic E-state index is 13.2. The Morgan fingerprint density at radius 3 is 1.39 bits per heavy atom. The van der Waals surface area contributed by atoms with Gasteiger partial charge in [-0.2, -0.15) is 0 Å². The summed E-state index contributed by atoms with van der Waals surface area (Å²) in [7, 11) is 0. The van der Waals surface area contributed by atoms with Gasteiger partial charge in [0.25, 0.3) is 0 Å². The lowest BCUT2D eigenvalue weighted by molar-refractivity contribution is -0.127. The number of phenols is 2. The quantitative estimate of drug-likeness (QED) is 0.465. The number of rotatable bonds is 6. The molecule has 0 bridgehead atoms. The number of carbonyl (C=O) groups excluding carboxylic acids is 3. The van der Waals surface area contributed by atoms with Crippen LogP contribution in [0.2, 0.25) is 0 Å². The Kier molecular flexibility index (Phi) is 8.21. The highest BCUT2D eigenvalue weighted by Gasteiger charge is 2.21. The van der Waals surface area contributed by atoms with E-state index < -0.39 is 5.78 Å². The van der Waals surface area contributed by atoms with Crippen LogP contribution in [0.4, 0.5) is 0 Å². The fourth-order valence-electron chi connectivity index (χ4n) is 4.66. The predicted molar refractivity (Wildman–Crippen MR) is 139 cm³/mol. The molecule has 2 heterocycles. The molecular formula is C29H32N2O5. The molecule has 2 aliphatic heterocycles. The molecule has 7 heteroatoms. The lowest BCUT2D eigenvalue weighted by atomic mass is 9.97. The minimum Gasteiger partial charge on any atom is -0.507 e. The van der Waals surface area contributed by atoms with Crippen molar-refractivity contribution in [1.82, 2.24) is 9.80 Å². The first-order chi connectivity index (χ1) is 17.5. The molecule has 0 atom stereocenters. The van der Waals surface area contributed by atoms with Crippen molar-refractivity contribution in [2.75, 3.05) is 26.2 Å². The Bertz CT molecular complexity index is 1100. The van der Waals surface area contributed by atoms with Crippen molar-refractivity contribution in [3.8, 4) is 11.5 Å². The van der Waals surface area contributed by atoms with Gasteiger partial charge in [-0.15, -0.1) is 0 Å². The van der Waals surface area contributed by atoms with Crippen LogP contribution in [-0.4, -0.2) is 63.8 Å². The molecule has 2 aromatic carbocycles. The van der Waals surface area contributed by atoms with Crippen molar-refractivity contribution in [1.29, 1.82) is 0 Å². The Morgan fingerprint density at radius 2 is 1.00 bits per heavy atom. The van der Waals surface area contributed by atoms with Gasteiger partial charge in [-0.25, -0.2) is 0 Å². The number of amides is 2. The third kappa shape index (κ3) is 5.85. The zero-order valence-electron chi connectivity index (χ0n) is 20.4. The standard InChI is InChI=1S/C29H32N2O5/c32-25(30-17-3-1-4-18-30)15-13-21-9-7-11-23(27(21)34)29(36)24-12-8-10-22(28(24)35)14-16-26(33)31-19-5-2-6-20-31/h7-16,34-35H,1-6,17-20H2. The molecular weight excluding hydrogens is 456 g/mol. The smallest absolute Gasteiger partial charge is 0.246 e. The van der Waals surface area contributed by atoms with E-state index in [9.17, 15) is 24.6 Å². The number of likely N-dealkylation sites (tertiary alicyclic amines) is 2. The summed E-state index contributed by atoms with van der Waals surface area (Å²) in [5, 5.41) is 21.6. The van der Waals surface area contributed by atoms with Gasteiger partial charge in [0.05, 0.1) is 11.1 Å². The molecule has 4 rings (SSSR count). The molecule has 2 saturated heterocycles. The zero-order valence-corrected chi connectivity index (χ0v) is 20.4. The van der Waals surface area contributed by atoms with Crippen LogP contribution in [0.25, 0.3) is 12.2 Å². The molecule has 0 radical (unpaired) electrons. The third-order valence-electron chi connectivity index (χ3n) is 6.77. The van der Waals surface area contributed by atoms with E-state index in [-0.39, 0.29) is 34.4 Å². The van der Waals surface area contributed by atoms with Gasteiger partial charge in [0.2, 0.25) is 17.6 Å². The fourth-order valence-corrected chi connectivity index (χ4v) is 4.66. The molecule has 2 amide bonds. The number of phenolic OH excluding ortho intramolecular Hbond substituents is 2. The highest BCUT2D eigenvalue weighted by molar-refractivity contribution is 6.13. The Labute approximate surface area is 211 Å². The number of piperidine rings is 2. The molecule has 7 nitrogen and oxygen atoms in total. The SMILES string of the molecule is O=C(c1cccc(C=CC(=O)N2CCCCC2)c1O)c1cccc(C=CC(=O)N2CCCCC2)c1O. The van der Waals surface area contributed by atoms with E-state index in [0.29, 0.717) is 11.1 Å². The number of aromatic hydroxyl groups is 2. The van der Waals surface area contributed by atoms with Gasteiger partial charge >= 0.3 is 0 Å². The fraction of sp³-hybridized carbons (Fsp3) is 0.345. The van der Waals surface area contributed by atoms with Gasteiger partial charge in [0.15, 0.2) is 0 Å². The second kappa shape index (κ2) is 11.7. The van der Waals surface area contributed by atoms with Crippen LogP contribution < -0.4 is 0 Å². The summed E-state index contributed by atoms with van der Waals surface area (Å²) in [6, 6.07) is 9.44. The second-order valence-electron chi connectivity index (χ2n) is 9.25. The third-order valence-corrected chi connectivity index (χ3v) is 6.77. The molecule has 0 saturated carbocycles. The van der Waals surface area contributed by atoms with E-state index in [2.05, 4.69) is 0 Å². The normalized spacial score (nSPS) is 16.6. The van der Waals surface area contributed by atoms with Crippen LogP contribution in [-0.2, 0) is 9.59 Å². The van der Waals surface area contributed by atoms with E-state index in [4.69, 9.17) is 0 Å². The van der Waals surface area contributed by atoms with Crippen LogP contribution >= 0.6 is 0 Å². The number of para-hydroxylation sites is 2. The van der Waals surface area contributed by atoms with Gasteiger partial charge in [-0.05, 0) is 62.8 Å². The zero-order chi connectivity index (χ0) is 25.5. The lowest BCUT2D eigenvalue weighted by Gasteiger charge is -2.25. The van der Waals surface area contributed by atoms with Crippen LogP contribution in [0.15, 0.2) is 48.6 Å². The van der Waals surface area contributed by atoms with E-state index >= 15 is 0 Å². The van der Waals surface area contributed by atoms with Crippen molar-refractivity contribution in [3.63, 3.8) is 0 Å². The molecule has 2 N–H and O–H groups in total. The van der Waals surface area contributed by atoms with Crippen LogP contribution in [0.3, 0.4) is 0 Å². The number of hydrogen-bond donors (Lipinski definition) is 2. The molecule has 188 valence electrons. The van der Waals surface area contributed by atoms with Crippen LogP contribution in [0, 0.1) is 0 Å². The van der Waals surface area contributed by atoms with E-state index in [1.54, 1.807) is 34.1 Å². The maximum Gasteiger partial charge on any atom is 0.246 e. The van der Waals surface area contributed by atoms with Gasteiger partial charge in [0, 0.05) is 49.5 Å². The highest BCUT2D eigenvalue weighted by Crippen LogP contribution is 2.31. The van der Waals surface area contributed by atoms with Gasteiger partial charge in [-0.3, -0.25) is 14.4 Å². The van der Waals surface area contributed by atoms with E-state index in [1.807, 2.05) is 0 Å². The molecule has 0 aliphatic carbocycles. The minimum atomic E-state index is -0.555. The summed E-state index contributed by atoms with van der Waals surface area (Å²) in [5.41, 5.74) is 0.717. The Hall–Kier alpha value is -3.87. The summed E-state index contributed by atoms with van der Waals surface area (Å²) in [6.07, 6.45) is 12.0. The number of hydrogen-bond acceptors (Lipinski definition) is 5. The van der Waals surface area contributed by atoms with E-state index in [0.717, 1.165) is 64.7 Å². The summed E-state index contributed by atoms with van der Waals surface area (Å²) in [4.78, 5) is 41.7. The molecule has 36 heavy (non-hydrogen) atoms. The average molecular weight is 489 g/mol. The maximum atomic E-state index is 13.2. The number of ketones is 1. The highest BCUT2D eigenvalue weighted by atomic mass is 16.3. The van der Waals surface area contributed by atoms with Crippen molar-refractivity contribution in [2.45, 2.75) is 38.5 Å². The number of carbonyl (C=O) groups is 3. The lowest BCUT2D eigenvalue weighted by Crippen LogP contribution is -2.34. The second-order valence-corrected chi connectivity index (χ2v) is 9.25. The first-order valence-corrected chi connectivity index (χ1v) is 12.6. The van der Waals surface area contributed by atoms with Crippen LogP contribution in [0.5, 0.6) is 11.5 Å². The van der Waals surface area contributed by atoms with Crippen molar-refractivity contribution in [2.24, 2.45) is 0 Å². The first-order valence-electron chi connectivity index (χ1n) is 12.6. The summed E-state index contributed by atoms with van der Waals surface area (Å²) < 4.78 is 0. The summed E-state index contributed by atoms with van der Waals surface area (Å²) in [6.45, 7) is 2.89. The first kappa shape index (κ1) is 25.2. The van der Waals surface area contributed by atoms with Gasteiger partial charge in [0.1, 0.15) is 11.5 Å². The number of benzene rings is 2. The predicted octanol–water partition coefficient (Wildman–Crippen LogP) is 4.38. The topological polar surface area (TPSA) is 98.2 Å². The monoisotopic (exact) mass is 488 g/mol. The molecule has 0 unspecified atom stereocenters. The molecule has 2 fully saturated rings. The molecule has 2 aliphatic rings. The Morgan fingerprint density at radius 1 is 0.611 bits per heavy atom. The molecule has 2 aromatic rings. The minimum absolute atomic E-state index is 0.0170. The Balaban J connectivity index is 1.52.